The van der Waals surface area contributed by atoms with Crippen molar-refractivity contribution in [2.45, 2.75) is 46.9 Å². The fraction of sp³-hybridized carbons (Fsp3) is 0.500. The number of hydrogen-bond donors (Lipinski definition) is 0. The van der Waals surface area contributed by atoms with Gasteiger partial charge in [-0.1, -0.05) is 34.9 Å². The highest BCUT2D eigenvalue weighted by Gasteiger charge is 2.20. The van der Waals surface area contributed by atoms with Crippen LogP contribution in [0.3, 0.4) is 0 Å². The minimum Gasteiger partial charge on any atom is -0.424 e. The molecule has 0 aromatic carbocycles. The molecule has 0 aliphatic carbocycles. The maximum Gasteiger partial charge on any atom is 0.229 e. The molecule has 8 nitrogen and oxygen atoms in total. The number of aromatic nitrogens is 6. The summed E-state index contributed by atoms with van der Waals surface area (Å²) in [7, 11) is 0. The van der Waals surface area contributed by atoms with Gasteiger partial charge in [0, 0.05) is 13.8 Å². The van der Waals surface area contributed by atoms with Gasteiger partial charge in [-0.05, 0) is 13.8 Å². The van der Waals surface area contributed by atoms with Gasteiger partial charge < -0.3 is 8.83 Å². The van der Waals surface area contributed by atoms with Crippen molar-refractivity contribution in [1.82, 2.24) is 30.6 Å². The molecule has 0 bridgehead atoms. The van der Waals surface area contributed by atoms with Crippen LogP contribution >= 0.6 is 34.9 Å². The van der Waals surface area contributed by atoms with Crippen molar-refractivity contribution in [3.63, 3.8) is 0 Å². The Balaban J connectivity index is 1.61. The lowest BCUT2D eigenvalue weighted by Gasteiger charge is -2.02. The van der Waals surface area contributed by atoms with Gasteiger partial charge in [0.25, 0.3) is 0 Å². The van der Waals surface area contributed by atoms with E-state index >= 15 is 0 Å². The number of aryl methyl sites for hydroxylation is 2. The summed E-state index contributed by atoms with van der Waals surface area (Å²) < 4.78 is 12.6. The average Bonchev–Trinajstić information content (AvgIpc) is 3.21. The van der Waals surface area contributed by atoms with Crippen LogP contribution in [0.15, 0.2) is 17.5 Å². The summed E-state index contributed by atoms with van der Waals surface area (Å²) in [5.41, 5.74) is 0. The lowest BCUT2D eigenvalue weighted by Crippen LogP contribution is -1.88. The molecule has 3 heterocycles. The molecule has 122 valence electrons. The van der Waals surface area contributed by atoms with Crippen molar-refractivity contribution >= 4 is 34.9 Å². The van der Waals surface area contributed by atoms with E-state index in [-0.39, 0.29) is 10.5 Å². The Morgan fingerprint density at radius 3 is 1.52 bits per heavy atom. The van der Waals surface area contributed by atoms with Crippen LogP contribution in [0.1, 0.15) is 47.9 Å². The van der Waals surface area contributed by atoms with E-state index < -0.39 is 0 Å². The zero-order valence-electron chi connectivity index (χ0n) is 12.9. The molecular weight excluding hydrogens is 356 g/mol. The lowest BCUT2D eigenvalue weighted by atomic mass is 10.5. The molecule has 0 spiro atoms. The van der Waals surface area contributed by atoms with Crippen molar-refractivity contribution in [3.05, 3.63) is 23.6 Å². The second-order valence-corrected chi connectivity index (χ2v) is 8.83. The highest BCUT2D eigenvalue weighted by atomic mass is 32.2. The molecule has 0 aliphatic rings. The molecule has 0 fully saturated rings. The summed E-state index contributed by atoms with van der Waals surface area (Å²) in [4.78, 5) is 0. The van der Waals surface area contributed by atoms with E-state index in [1.54, 1.807) is 37.4 Å². The van der Waals surface area contributed by atoms with Crippen LogP contribution in [0.4, 0.5) is 0 Å². The van der Waals surface area contributed by atoms with Crippen molar-refractivity contribution in [1.29, 1.82) is 0 Å². The van der Waals surface area contributed by atoms with Crippen molar-refractivity contribution < 1.29 is 8.83 Å². The van der Waals surface area contributed by atoms with Gasteiger partial charge in [-0.3, -0.25) is 0 Å². The fourth-order valence-corrected chi connectivity index (χ4v) is 5.02. The van der Waals surface area contributed by atoms with E-state index in [1.807, 2.05) is 13.8 Å². The minimum atomic E-state index is 0.0259. The van der Waals surface area contributed by atoms with Gasteiger partial charge in [0.15, 0.2) is 8.68 Å². The van der Waals surface area contributed by atoms with Crippen LogP contribution in [-0.4, -0.2) is 30.6 Å². The molecule has 0 N–H and O–H groups in total. The Labute approximate surface area is 144 Å². The second kappa shape index (κ2) is 6.97. The highest BCUT2D eigenvalue weighted by Crippen LogP contribution is 2.41. The normalized spacial score (nSPS) is 14.1. The van der Waals surface area contributed by atoms with E-state index in [0.29, 0.717) is 23.6 Å². The topological polar surface area (TPSA) is 104 Å². The van der Waals surface area contributed by atoms with Gasteiger partial charge in [0.2, 0.25) is 23.6 Å². The molecular formula is C12H14N6O2S3. The Morgan fingerprint density at radius 2 is 1.17 bits per heavy atom. The predicted octanol–water partition coefficient (Wildman–Crippen LogP) is 3.63. The number of rotatable bonds is 6. The maximum atomic E-state index is 5.43. The first-order valence-electron chi connectivity index (χ1n) is 6.78. The van der Waals surface area contributed by atoms with Gasteiger partial charge in [-0.2, -0.15) is 0 Å². The third-order valence-electron chi connectivity index (χ3n) is 2.72. The lowest BCUT2D eigenvalue weighted by molar-refractivity contribution is 0.469. The van der Waals surface area contributed by atoms with Gasteiger partial charge in [0.1, 0.15) is 0 Å². The van der Waals surface area contributed by atoms with Gasteiger partial charge in [-0.15, -0.1) is 30.6 Å². The zero-order valence-corrected chi connectivity index (χ0v) is 15.3. The molecule has 3 aromatic rings. The SMILES string of the molecule is Cc1nnc([C@H](C)Sc2nnc(S[C@H](C)c3nnc(C)o3)s2)o1. The van der Waals surface area contributed by atoms with E-state index in [4.69, 9.17) is 8.83 Å². The van der Waals surface area contributed by atoms with Crippen LogP contribution in [0.25, 0.3) is 0 Å². The molecule has 0 amide bonds. The standard InChI is InChI=1S/C12H14N6O2S3/c1-5(9-15-13-7(3)19-9)21-11-17-18-12(23-11)22-6(2)10-16-14-8(4)20-10/h5-6H,1-4H3/t5-,6+. The molecule has 3 rings (SSSR count). The third kappa shape index (κ3) is 4.09. The molecule has 11 heteroatoms. The first-order valence-corrected chi connectivity index (χ1v) is 9.35. The summed E-state index contributed by atoms with van der Waals surface area (Å²) in [6.45, 7) is 7.54. The summed E-state index contributed by atoms with van der Waals surface area (Å²) in [6.07, 6.45) is 0. The highest BCUT2D eigenvalue weighted by molar-refractivity contribution is 8.03. The molecule has 0 saturated heterocycles. The summed E-state index contributed by atoms with van der Waals surface area (Å²) in [6, 6.07) is 0. The first kappa shape index (κ1) is 16.4. The summed E-state index contributed by atoms with van der Waals surface area (Å²) in [5, 5.41) is 24.2. The van der Waals surface area contributed by atoms with Crippen LogP contribution < -0.4 is 0 Å². The predicted molar refractivity (Wildman–Crippen MR) is 86.5 cm³/mol. The first-order chi connectivity index (χ1) is 11.0. The van der Waals surface area contributed by atoms with Crippen LogP contribution in [0.5, 0.6) is 0 Å². The molecule has 3 aromatic heterocycles. The molecule has 0 unspecified atom stereocenters. The van der Waals surface area contributed by atoms with Crippen LogP contribution in [-0.2, 0) is 0 Å². The van der Waals surface area contributed by atoms with Crippen molar-refractivity contribution in [3.8, 4) is 0 Å². The van der Waals surface area contributed by atoms with Crippen LogP contribution in [0, 0.1) is 13.8 Å². The fourth-order valence-electron chi connectivity index (χ4n) is 1.65. The van der Waals surface area contributed by atoms with Gasteiger partial charge in [0.05, 0.1) is 10.5 Å². The molecule has 2 atom stereocenters. The van der Waals surface area contributed by atoms with E-state index in [1.165, 1.54) is 11.3 Å². The summed E-state index contributed by atoms with van der Waals surface area (Å²) >= 11 is 4.60. The smallest absolute Gasteiger partial charge is 0.229 e. The number of nitrogens with zero attached hydrogens (tertiary/aromatic N) is 6. The summed E-state index contributed by atoms with van der Waals surface area (Å²) in [5.74, 6) is 2.30. The monoisotopic (exact) mass is 370 g/mol. The second-order valence-electron chi connectivity index (χ2n) is 4.67. The molecule has 0 aliphatic heterocycles. The average molecular weight is 370 g/mol. The Hall–Kier alpha value is -1.46. The van der Waals surface area contributed by atoms with Crippen molar-refractivity contribution in [2.24, 2.45) is 0 Å². The molecule has 23 heavy (non-hydrogen) atoms. The largest absolute Gasteiger partial charge is 0.424 e. The molecule has 0 saturated carbocycles. The molecule has 0 radical (unpaired) electrons. The van der Waals surface area contributed by atoms with Gasteiger partial charge in [-0.25, -0.2) is 0 Å². The van der Waals surface area contributed by atoms with E-state index in [9.17, 15) is 0 Å². The minimum absolute atomic E-state index is 0.0259. The quantitative estimate of drug-likeness (QED) is 0.597. The van der Waals surface area contributed by atoms with Gasteiger partial charge >= 0.3 is 0 Å². The van der Waals surface area contributed by atoms with E-state index in [0.717, 1.165) is 8.68 Å². The Morgan fingerprint density at radius 1 is 0.739 bits per heavy atom. The maximum absolute atomic E-state index is 5.43. The van der Waals surface area contributed by atoms with E-state index in [2.05, 4.69) is 30.6 Å². The van der Waals surface area contributed by atoms with Crippen molar-refractivity contribution in [2.75, 3.05) is 0 Å². The zero-order chi connectivity index (χ0) is 16.4. The Bertz CT molecular complexity index is 722. The Kier molecular flexibility index (Phi) is 4.97. The number of thioether (sulfide) groups is 2. The van der Waals surface area contributed by atoms with Crippen LogP contribution in [0.2, 0.25) is 0 Å². The third-order valence-corrected chi connectivity index (χ3v) is 5.99. The number of hydrogen-bond acceptors (Lipinski definition) is 11.